The summed E-state index contributed by atoms with van der Waals surface area (Å²) < 4.78 is 10.6. The Morgan fingerprint density at radius 3 is 2.55 bits per heavy atom. The molecule has 1 heterocycles. The fourth-order valence-electron chi connectivity index (χ4n) is 3.27. The Morgan fingerprint density at radius 2 is 1.88 bits per heavy atom. The third kappa shape index (κ3) is 6.25. The van der Waals surface area contributed by atoms with Gasteiger partial charge in [0.15, 0.2) is 11.5 Å². The predicted molar refractivity (Wildman–Crippen MR) is 132 cm³/mol. The summed E-state index contributed by atoms with van der Waals surface area (Å²) in [5.74, 6) is 0.631. The Labute approximate surface area is 202 Å². The van der Waals surface area contributed by atoms with Gasteiger partial charge in [-0.25, -0.2) is 0 Å². The summed E-state index contributed by atoms with van der Waals surface area (Å²) in [5, 5.41) is 5.22. The minimum absolute atomic E-state index is 0.187. The van der Waals surface area contributed by atoms with Crippen molar-refractivity contribution in [2.24, 2.45) is 5.73 Å². The Bertz CT molecular complexity index is 1110. The number of carbonyl (C=O) groups is 2. The van der Waals surface area contributed by atoms with E-state index in [-0.39, 0.29) is 18.4 Å². The second-order valence-corrected chi connectivity index (χ2v) is 8.53. The smallest absolute Gasteiger partial charge is 0.265 e. The van der Waals surface area contributed by atoms with E-state index in [1.807, 2.05) is 11.4 Å². The van der Waals surface area contributed by atoms with Crippen molar-refractivity contribution in [3.63, 3.8) is 0 Å². The van der Waals surface area contributed by atoms with Crippen LogP contribution in [0, 0.1) is 0 Å². The van der Waals surface area contributed by atoms with Crippen LogP contribution in [0.3, 0.4) is 0 Å². The number of hydrogen-bond donors (Lipinski definition) is 2. The second kappa shape index (κ2) is 11.7. The highest BCUT2D eigenvalue weighted by atomic mass is 35.5. The first kappa shape index (κ1) is 24.6. The van der Waals surface area contributed by atoms with Crippen molar-refractivity contribution in [2.75, 3.05) is 32.6 Å². The molecule has 9 heteroatoms. The summed E-state index contributed by atoms with van der Waals surface area (Å²) in [5.41, 5.74) is 7.48. The second-order valence-electron chi connectivity index (χ2n) is 7.18. The van der Waals surface area contributed by atoms with E-state index in [1.54, 1.807) is 54.5 Å². The van der Waals surface area contributed by atoms with Gasteiger partial charge in [-0.15, -0.1) is 11.3 Å². The third-order valence-electron chi connectivity index (χ3n) is 4.96. The summed E-state index contributed by atoms with van der Waals surface area (Å²) in [7, 11) is 3.06. The van der Waals surface area contributed by atoms with E-state index in [0.717, 1.165) is 0 Å². The summed E-state index contributed by atoms with van der Waals surface area (Å²) >= 11 is 7.80. The first-order chi connectivity index (χ1) is 16.0. The number of halogens is 1. The topological polar surface area (TPSA) is 93.9 Å². The number of amides is 2. The minimum atomic E-state index is -0.195. The van der Waals surface area contributed by atoms with E-state index in [2.05, 4.69) is 5.32 Å². The highest BCUT2D eigenvalue weighted by Gasteiger charge is 2.19. The van der Waals surface area contributed by atoms with Crippen LogP contribution < -0.4 is 20.5 Å². The number of hydrogen-bond acceptors (Lipinski definition) is 6. The van der Waals surface area contributed by atoms with Crippen LogP contribution >= 0.6 is 22.9 Å². The number of anilines is 1. The van der Waals surface area contributed by atoms with E-state index < -0.39 is 0 Å². The monoisotopic (exact) mass is 487 g/mol. The average molecular weight is 488 g/mol. The largest absolute Gasteiger partial charge is 0.493 e. The van der Waals surface area contributed by atoms with Gasteiger partial charge >= 0.3 is 0 Å². The molecule has 174 valence electrons. The number of rotatable bonds is 10. The Balaban J connectivity index is 1.83. The molecule has 0 aliphatic rings. The lowest BCUT2D eigenvalue weighted by molar-refractivity contribution is 0.0741. The molecule has 0 spiro atoms. The van der Waals surface area contributed by atoms with Gasteiger partial charge < -0.3 is 25.4 Å². The number of methoxy groups -OCH3 is 2. The number of thiophene rings is 1. The number of nitrogens with two attached hydrogens (primary N) is 1. The van der Waals surface area contributed by atoms with Crippen molar-refractivity contribution >= 4 is 40.4 Å². The maximum Gasteiger partial charge on any atom is 0.265 e. The molecule has 2 amide bonds. The molecule has 2 aromatic carbocycles. The van der Waals surface area contributed by atoms with Gasteiger partial charge in [-0.3, -0.25) is 9.59 Å². The molecule has 0 aliphatic heterocycles. The molecule has 1 aromatic heterocycles. The van der Waals surface area contributed by atoms with Crippen LogP contribution in [-0.4, -0.2) is 44.0 Å². The van der Waals surface area contributed by atoms with Crippen molar-refractivity contribution in [3.05, 3.63) is 74.9 Å². The highest BCUT2D eigenvalue weighted by molar-refractivity contribution is 7.12. The number of nitrogens with zero attached hydrogens (tertiary/aromatic N) is 1. The summed E-state index contributed by atoms with van der Waals surface area (Å²) in [6.07, 6.45) is 0.630. The standard InChI is InChI=1S/C24H26ClN3O4S/c1-31-20-9-6-16(14-21(20)32-2)24(30)28(11-4-10-26)15-17-13-18(7-8-19(17)25)27-23(29)22-5-3-12-33-22/h3,5-9,12-14H,4,10-11,15,26H2,1-2H3,(H,27,29). The number of carbonyl (C=O) groups excluding carboxylic acids is 2. The molecule has 3 rings (SSSR count). The van der Waals surface area contributed by atoms with Gasteiger partial charge in [-0.2, -0.15) is 0 Å². The van der Waals surface area contributed by atoms with Crippen molar-refractivity contribution < 1.29 is 19.1 Å². The Kier molecular flexibility index (Phi) is 8.71. The molecule has 33 heavy (non-hydrogen) atoms. The molecule has 0 fully saturated rings. The van der Waals surface area contributed by atoms with Crippen LogP contribution in [0.1, 0.15) is 32.0 Å². The lowest BCUT2D eigenvalue weighted by Crippen LogP contribution is -2.32. The Morgan fingerprint density at radius 1 is 1.09 bits per heavy atom. The third-order valence-corrected chi connectivity index (χ3v) is 6.20. The van der Waals surface area contributed by atoms with Gasteiger partial charge in [0, 0.05) is 29.4 Å². The van der Waals surface area contributed by atoms with Crippen LogP contribution in [0.4, 0.5) is 5.69 Å². The van der Waals surface area contributed by atoms with Gasteiger partial charge in [0.05, 0.1) is 19.1 Å². The van der Waals surface area contributed by atoms with Crippen LogP contribution in [0.2, 0.25) is 5.02 Å². The molecule has 0 radical (unpaired) electrons. The molecule has 0 aliphatic carbocycles. The first-order valence-electron chi connectivity index (χ1n) is 10.3. The quantitative estimate of drug-likeness (QED) is 0.433. The Hall–Kier alpha value is -3.07. The van der Waals surface area contributed by atoms with Gasteiger partial charge in [-0.05, 0) is 66.4 Å². The maximum absolute atomic E-state index is 13.3. The number of benzene rings is 2. The zero-order valence-corrected chi connectivity index (χ0v) is 20.0. The van der Waals surface area contributed by atoms with Crippen molar-refractivity contribution in [3.8, 4) is 11.5 Å². The summed E-state index contributed by atoms with van der Waals surface area (Å²) in [6, 6.07) is 13.8. The van der Waals surface area contributed by atoms with E-state index in [0.29, 0.717) is 57.7 Å². The SMILES string of the molecule is COc1ccc(C(=O)N(CCCN)Cc2cc(NC(=O)c3cccs3)ccc2Cl)cc1OC. The lowest BCUT2D eigenvalue weighted by Gasteiger charge is -2.24. The van der Waals surface area contributed by atoms with Crippen molar-refractivity contribution in [1.29, 1.82) is 0 Å². The molecular weight excluding hydrogens is 462 g/mol. The fraction of sp³-hybridized carbons (Fsp3) is 0.250. The first-order valence-corrected chi connectivity index (χ1v) is 11.6. The molecule has 0 saturated heterocycles. The number of ether oxygens (including phenoxy) is 2. The van der Waals surface area contributed by atoms with Gasteiger partial charge in [0.2, 0.25) is 0 Å². The van der Waals surface area contributed by atoms with Crippen LogP contribution in [-0.2, 0) is 6.54 Å². The predicted octanol–water partition coefficient (Wildman–Crippen LogP) is 4.66. The van der Waals surface area contributed by atoms with Crippen molar-refractivity contribution in [2.45, 2.75) is 13.0 Å². The summed E-state index contributed by atoms with van der Waals surface area (Å²) in [4.78, 5) is 28.0. The van der Waals surface area contributed by atoms with E-state index >= 15 is 0 Å². The molecule has 0 saturated carbocycles. The van der Waals surface area contributed by atoms with Gasteiger partial charge in [-0.1, -0.05) is 17.7 Å². The van der Waals surface area contributed by atoms with E-state index in [1.165, 1.54) is 18.4 Å². The minimum Gasteiger partial charge on any atom is -0.493 e. The van der Waals surface area contributed by atoms with Crippen molar-refractivity contribution in [1.82, 2.24) is 4.90 Å². The molecule has 7 nitrogen and oxygen atoms in total. The molecule has 3 aromatic rings. The van der Waals surface area contributed by atoms with Gasteiger partial charge in [0.1, 0.15) is 0 Å². The van der Waals surface area contributed by atoms with Crippen LogP contribution in [0.25, 0.3) is 0 Å². The molecule has 3 N–H and O–H groups in total. The normalized spacial score (nSPS) is 10.5. The van der Waals surface area contributed by atoms with Crippen LogP contribution in [0.15, 0.2) is 53.9 Å². The van der Waals surface area contributed by atoms with Crippen LogP contribution in [0.5, 0.6) is 11.5 Å². The molecular formula is C24H26ClN3O4S. The lowest BCUT2D eigenvalue weighted by atomic mass is 10.1. The molecule has 0 unspecified atom stereocenters. The maximum atomic E-state index is 13.3. The van der Waals surface area contributed by atoms with E-state index in [9.17, 15) is 9.59 Å². The average Bonchev–Trinajstić information content (AvgIpc) is 3.38. The fourth-order valence-corrected chi connectivity index (χ4v) is 4.06. The molecule has 0 bridgehead atoms. The van der Waals surface area contributed by atoms with E-state index in [4.69, 9.17) is 26.8 Å². The highest BCUT2D eigenvalue weighted by Crippen LogP contribution is 2.29. The summed E-state index contributed by atoms with van der Waals surface area (Å²) in [6.45, 7) is 1.15. The van der Waals surface area contributed by atoms with Gasteiger partial charge in [0.25, 0.3) is 11.8 Å². The number of nitrogens with one attached hydrogen (secondary N) is 1. The zero-order chi connectivity index (χ0) is 23.8. The molecule has 0 atom stereocenters. The zero-order valence-electron chi connectivity index (χ0n) is 18.5.